The zero-order valence-corrected chi connectivity index (χ0v) is 11.5. The second kappa shape index (κ2) is 6.43. The molecule has 21 heavy (non-hydrogen) atoms. The van der Waals surface area contributed by atoms with Gasteiger partial charge in [-0.2, -0.15) is 0 Å². The fourth-order valence-corrected chi connectivity index (χ4v) is 2.09. The number of nitrogens with one attached hydrogen (secondary N) is 1. The smallest absolute Gasteiger partial charge is 0.271 e. The van der Waals surface area contributed by atoms with Gasteiger partial charge in [-0.3, -0.25) is 9.80 Å². The first-order valence-electron chi connectivity index (χ1n) is 6.85. The van der Waals surface area contributed by atoms with Gasteiger partial charge < -0.3 is 4.74 Å². The van der Waals surface area contributed by atoms with Gasteiger partial charge in [0, 0.05) is 24.5 Å². The standard InChI is InChI=1S/C15H16N4O2/c20-15(19-7-9-21-8-6-18-19)13-10-16-14(17-11-13)12-4-2-1-3-5-12/h1-5,10-11,18H,6-9H2. The predicted molar refractivity (Wildman–Crippen MR) is 77.3 cm³/mol. The molecule has 0 aliphatic carbocycles. The minimum Gasteiger partial charge on any atom is -0.378 e. The van der Waals surface area contributed by atoms with Gasteiger partial charge in [0.05, 0.1) is 25.3 Å². The Kier molecular flexibility index (Phi) is 4.18. The predicted octanol–water partition coefficient (Wildman–Crippen LogP) is 1.12. The maximum Gasteiger partial charge on any atom is 0.271 e. The third-order valence-electron chi connectivity index (χ3n) is 3.18. The van der Waals surface area contributed by atoms with Crippen LogP contribution in [0.15, 0.2) is 42.7 Å². The summed E-state index contributed by atoms with van der Waals surface area (Å²) in [6.45, 7) is 2.27. The molecule has 1 saturated heterocycles. The van der Waals surface area contributed by atoms with E-state index >= 15 is 0 Å². The number of ether oxygens (including phenoxy) is 1. The van der Waals surface area contributed by atoms with Gasteiger partial charge in [-0.1, -0.05) is 30.3 Å². The first-order valence-corrected chi connectivity index (χ1v) is 6.85. The molecule has 2 aromatic rings. The van der Waals surface area contributed by atoms with Gasteiger partial charge in [0.2, 0.25) is 0 Å². The summed E-state index contributed by atoms with van der Waals surface area (Å²) in [6.07, 6.45) is 3.12. The first-order chi connectivity index (χ1) is 10.3. The molecule has 0 bridgehead atoms. The van der Waals surface area contributed by atoms with Crippen LogP contribution >= 0.6 is 0 Å². The highest BCUT2D eigenvalue weighted by Gasteiger charge is 2.18. The maximum absolute atomic E-state index is 12.3. The molecule has 0 radical (unpaired) electrons. The Bertz CT molecular complexity index is 593. The fourth-order valence-electron chi connectivity index (χ4n) is 2.09. The minimum atomic E-state index is -0.139. The number of benzene rings is 1. The molecule has 1 aromatic carbocycles. The molecule has 1 N–H and O–H groups in total. The highest BCUT2D eigenvalue weighted by Crippen LogP contribution is 2.13. The summed E-state index contributed by atoms with van der Waals surface area (Å²) in [5.41, 5.74) is 4.42. The zero-order valence-electron chi connectivity index (χ0n) is 11.5. The van der Waals surface area contributed by atoms with Crippen molar-refractivity contribution in [1.29, 1.82) is 0 Å². The van der Waals surface area contributed by atoms with Crippen LogP contribution in [-0.4, -0.2) is 47.2 Å². The quantitative estimate of drug-likeness (QED) is 0.895. The van der Waals surface area contributed by atoms with Crippen molar-refractivity contribution in [3.8, 4) is 11.4 Å². The highest BCUT2D eigenvalue weighted by molar-refractivity contribution is 5.93. The van der Waals surface area contributed by atoms with Gasteiger partial charge in [0.1, 0.15) is 0 Å². The highest BCUT2D eigenvalue weighted by atomic mass is 16.5. The Hall–Kier alpha value is -2.31. The lowest BCUT2D eigenvalue weighted by atomic mass is 10.2. The van der Waals surface area contributed by atoms with Crippen molar-refractivity contribution in [2.45, 2.75) is 0 Å². The van der Waals surface area contributed by atoms with Crippen molar-refractivity contribution >= 4 is 5.91 Å². The van der Waals surface area contributed by atoms with Gasteiger partial charge in [-0.15, -0.1) is 0 Å². The van der Waals surface area contributed by atoms with Crippen LogP contribution in [-0.2, 0) is 4.74 Å². The van der Waals surface area contributed by atoms with Crippen LogP contribution in [0.2, 0.25) is 0 Å². The average Bonchev–Trinajstić information content (AvgIpc) is 2.84. The molecule has 1 aliphatic rings. The SMILES string of the molecule is O=C(c1cnc(-c2ccccc2)nc1)N1CCOCCN1. The van der Waals surface area contributed by atoms with E-state index in [1.165, 1.54) is 0 Å². The number of carbonyl (C=O) groups excluding carboxylic acids is 1. The Labute approximate surface area is 122 Å². The topological polar surface area (TPSA) is 67.4 Å². The van der Waals surface area contributed by atoms with Crippen molar-refractivity contribution in [2.24, 2.45) is 0 Å². The Morgan fingerprint density at radius 3 is 2.67 bits per heavy atom. The molecule has 6 heteroatoms. The van der Waals surface area contributed by atoms with E-state index in [-0.39, 0.29) is 5.91 Å². The third-order valence-corrected chi connectivity index (χ3v) is 3.18. The molecule has 1 amide bonds. The molecular weight excluding hydrogens is 268 g/mol. The van der Waals surface area contributed by atoms with Crippen LogP contribution in [0.1, 0.15) is 10.4 Å². The third kappa shape index (κ3) is 3.24. The molecule has 0 atom stereocenters. The van der Waals surface area contributed by atoms with E-state index in [0.717, 1.165) is 5.56 Å². The fraction of sp³-hybridized carbons (Fsp3) is 0.267. The number of rotatable bonds is 2. The van der Waals surface area contributed by atoms with Gasteiger partial charge >= 0.3 is 0 Å². The molecular formula is C15H16N4O2. The van der Waals surface area contributed by atoms with E-state index in [2.05, 4.69) is 15.4 Å². The Morgan fingerprint density at radius 2 is 1.90 bits per heavy atom. The van der Waals surface area contributed by atoms with Crippen LogP contribution in [0.25, 0.3) is 11.4 Å². The van der Waals surface area contributed by atoms with Crippen LogP contribution < -0.4 is 5.43 Å². The first kappa shape index (κ1) is 13.7. The zero-order chi connectivity index (χ0) is 14.5. The second-order valence-electron chi connectivity index (χ2n) is 4.64. The largest absolute Gasteiger partial charge is 0.378 e. The van der Waals surface area contributed by atoms with Crippen molar-refractivity contribution in [2.75, 3.05) is 26.3 Å². The van der Waals surface area contributed by atoms with E-state index in [0.29, 0.717) is 37.7 Å². The summed E-state index contributed by atoms with van der Waals surface area (Å²) in [7, 11) is 0. The Morgan fingerprint density at radius 1 is 1.14 bits per heavy atom. The number of nitrogens with zero attached hydrogens (tertiary/aromatic N) is 3. The van der Waals surface area contributed by atoms with Gasteiger partial charge in [-0.05, 0) is 0 Å². The molecule has 6 nitrogen and oxygen atoms in total. The Balaban J connectivity index is 1.76. The molecule has 108 valence electrons. The van der Waals surface area contributed by atoms with E-state index in [1.54, 1.807) is 17.4 Å². The van der Waals surface area contributed by atoms with Crippen LogP contribution in [0.5, 0.6) is 0 Å². The molecule has 2 heterocycles. The normalized spacial score (nSPS) is 15.5. The molecule has 1 aromatic heterocycles. The van der Waals surface area contributed by atoms with Gasteiger partial charge in [0.15, 0.2) is 5.82 Å². The number of aromatic nitrogens is 2. The van der Waals surface area contributed by atoms with Gasteiger partial charge in [0.25, 0.3) is 5.91 Å². The number of carbonyl (C=O) groups is 1. The lowest BCUT2D eigenvalue weighted by Gasteiger charge is -2.19. The summed E-state index contributed by atoms with van der Waals surface area (Å²) in [5, 5.41) is 1.55. The number of hydrazine groups is 1. The lowest BCUT2D eigenvalue weighted by molar-refractivity contribution is 0.0659. The molecule has 3 rings (SSSR count). The summed E-state index contributed by atoms with van der Waals surface area (Å²) in [4.78, 5) is 20.9. The van der Waals surface area contributed by atoms with Crippen LogP contribution in [0, 0.1) is 0 Å². The summed E-state index contributed by atoms with van der Waals surface area (Å²) in [6, 6.07) is 9.67. The van der Waals surface area contributed by atoms with Crippen LogP contribution in [0.4, 0.5) is 0 Å². The van der Waals surface area contributed by atoms with Gasteiger partial charge in [-0.25, -0.2) is 15.4 Å². The molecule has 0 spiro atoms. The van der Waals surface area contributed by atoms with E-state index < -0.39 is 0 Å². The van der Waals surface area contributed by atoms with E-state index in [9.17, 15) is 4.79 Å². The summed E-state index contributed by atoms with van der Waals surface area (Å²) in [5.74, 6) is 0.472. The molecule has 1 aliphatic heterocycles. The summed E-state index contributed by atoms with van der Waals surface area (Å²) >= 11 is 0. The van der Waals surface area contributed by atoms with Crippen molar-refractivity contribution in [3.63, 3.8) is 0 Å². The molecule has 1 fully saturated rings. The number of amides is 1. The van der Waals surface area contributed by atoms with E-state index in [1.807, 2.05) is 30.3 Å². The second-order valence-corrected chi connectivity index (χ2v) is 4.64. The van der Waals surface area contributed by atoms with Crippen molar-refractivity contribution in [3.05, 3.63) is 48.3 Å². The number of hydrogen-bond donors (Lipinski definition) is 1. The molecule has 0 unspecified atom stereocenters. The average molecular weight is 284 g/mol. The summed E-state index contributed by atoms with van der Waals surface area (Å²) < 4.78 is 5.30. The minimum absolute atomic E-state index is 0.139. The van der Waals surface area contributed by atoms with Crippen molar-refractivity contribution in [1.82, 2.24) is 20.4 Å². The maximum atomic E-state index is 12.3. The monoisotopic (exact) mass is 284 g/mol. The van der Waals surface area contributed by atoms with E-state index in [4.69, 9.17) is 4.74 Å². The van der Waals surface area contributed by atoms with Crippen molar-refractivity contribution < 1.29 is 9.53 Å². The van der Waals surface area contributed by atoms with Crippen LogP contribution in [0.3, 0.4) is 0 Å². The molecule has 0 saturated carbocycles. The lowest BCUT2D eigenvalue weighted by Crippen LogP contribution is -2.43. The number of hydrogen-bond acceptors (Lipinski definition) is 5.